The summed E-state index contributed by atoms with van der Waals surface area (Å²) in [6, 6.07) is 0. The second-order valence-electron chi connectivity index (χ2n) is 6.10. The number of hydrogen-bond acceptors (Lipinski definition) is 4. The van der Waals surface area contributed by atoms with Crippen molar-refractivity contribution in [3.63, 3.8) is 0 Å². The van der Waals surface area contributed by atoms with Crippen LogP contribution in [0.15, 0.2) is 6.20 Å². The van der Waals surface area contributed by atoms with E-state index in [9.17, 15) is 4.79 Å². The maximum Gasteiger partial charge on any atom is 0.408 e. The lowest BCUT2D eigenvalue weighted by Crippen LogP contribution is -2.46. The summed E-state index contributed by atoms with van der Waals surface area (Å²) in [6.07, 6.45) is 5.16. The van der Waals surface area contributed by atoms with Crippen molar-refractivity contribution < 1.29 is 9.53 Å². The summed E-state index contributed by atoms with van der Waals surface area (Å²) in [5, 5.41) is 2.99. The first-order chi connectivity index (χ1) is 8.81. The fourth-order valence-corrected chi connectivity index (χ4v) is 2.52. The number of nitrogen functional groups attached to an aromatic ring is 1. The van der Waals surface area contributed by atoms with Gasteiger partial charge in [0.15, 0.2) is 5.95 Å². The number of amides is 1. The molecule has 0 radical (unpaired) electrons. The van der Waals surface area contributed by atoms with Crippen LogP contribution >= 0.6 is 0 Å². The van der Waals surface area contributed by atoms with Gasteiger partial charge in [-0.1, -0.05) is 12.8 Å². The summed E-state index contributed by atoms with van der Waals surface area (Å²) in [5.74, 6) is 0.368. The minimum atomic E-state index is -0.503. The van der Waals surface area contributed by atoms with Gasteiger partial charge >= 0.3 is 6.09 Å². The number of imidazole rings is 1. The number of nitrogens with zero attached hydrogens (tertiary/aromatic N) is 1. The van der Waals surface area contributed by atoms with Gasteiger partial charge in [-0.3, -0.25) is 0 Å². The number of carbonyl (C=O) groups excluding carboxylic acids is 1. The van der Waals surface area contributed by atoms with Crippen molar-refractivity contribution in [2.45, 2.75) is 57.6 Å². The number of H-pyrrole nitrogens is 1. The Hall–Kier alpha value is -1.72. The highest BCUT2D eigenvalue weighted by molar-refractivity contribution is 5.69. The number of anilines is 1. The minimum Gasteiger partial charge on any atom is -0.444 e. The van der Waals surface area contributed by atoms with Crippen LogP contribution in [-0.2, 0) is 10.3 Å². The predicted molar refractivity (Wildman–Crippen MR) is 72.5 cm³/mol. The molecule has 1 heterocycles. The van der Waals surface area contributed by atoms with Crippen LogP contribution in [0.25, 0.3) is 0 Å². The van der Waals surface area contributed by atoms with Crippen molar-refractivity contribution in [2.75, 3.05) is 5.73 Å². The van der Waals surface area contributed by atoms with E-state index in [1.807, 2.05) is 20.8 Å². The first kappa shape index (κ1) is 13.7. The molecule has 1 aromatic heterocycles. The van der Waals surface area contributed by atoms with Crippen LogP contribution in [0, 0.1) is 0 Å². The zero-order valence-electron chi connectivity index (χ0n) is 11.7. The van der Waals surface area contributed by atoms with Gasteiger partial charge in [-0.2, -0.15) is 0 Å². The Kier molecular flexibility index (Phi) is 3.43. The van der Waals surface area contributed by atoms with E-state index in [4.69, 9.17) is 10.5 Å². The molecule has 1 amide bonds. The van der Waals surface area contributed by atoms with E-state index in [0.29, 0.717) is 5.95 Å². The maximum absolute atomic E-state index is 12.0. The molecule has 0 unspecified atom stereocenters. The zero-order chi connectivity index (χ0) is 14.1. The van der Waals surface area contributed by atoms with Gasteiger partial charge < -0.3 is 20.8 Å². The Bertz CT molecular complexity index is 455. The van der Waals surface area contributed by atoms with Gasteiger partial charge in [0.1, 0.15) is 5.60 Å². The number of aromatic amines is 1. The molecule has 1 aliphatic rings. The van der Waals surface area contributed by atoms with Crippen molar-refractivity contribution in [2.24, 2.45) is 0 Å². The van der Waals surface area contributed by atoms with Gasteiger partial charge in [0.25, 0.3) is 0 Å². The lowest BCUT2D eigenvalue weighted by Gasteiger charge is -2.30. The molecule has 0 aromatic carbocycles. The minimum absolute atomic E-state index is 0.368. The SMILES string of the molecule is CC(C)(C)OC(=O)NC1(c2cnc(N)[nH]2)CCCC1. The van der Waals surface area contributed by atoms with Crippen LogP contribution in [0.5, 0.6) is 0 Å². The third kappa shape index (κ3) is 3.19. The van der Waals surface area contributed by atoms with E-state index < -0.39 is 17.2 Å². The number of alkyl carbamates (subject to hydrolysis) is 1. The van der Waals surface area contributed by atoms with Crippen LogP contribution in [0.1, 0.15) is 52.1 Å². The topological polar surface area (TPSA) is 93.0 Å². The Morgan fingerprint density at radius 1 is 1.47 bits per heavy atom. The highest BCUT2D eigenvalue weighted by atomic mass is 16.6. The van der Waals surface area contributed by atoms with Gasteiger partial charge in [0, 0.05) is 0 Å². The molecule has 0 spiro atoms. The zero-order valence-corrected chi connectivity index (χ0v) is 11.7. The molecule has 0 saturated heterocycles. The first-order valence-corrected chi connectivity index (χ1v) is 6.63. The summed E-state index contributed by atoms with van der Waals surface area (Å²) in [5.41, 5.74) is 5.56. The molecule has 1 aliphatic carbocycles. The van der Waals surface area contributed by atoms with Crippen LogP contribution in [0.4, 0.5) is 10.7 Å². The molecule has 2 rings (SSSR count). The fraction of sp³-hybridized carbons (Fsp3) is 0.692. The predicted octanol–water partition coefficient (Wildman–Crippen LogP) is 2.29. The molecule has 6 heteroatoms. The Morgan fingerprint density at radius 3 is 2.58 bits per heavy atom. The number of nitrogens with two attached hydrogens (primary N) is 1. The molecule has 0 atom stereocenters. The average molecular weight is 266 g/mol. The molecule has 1 fully saturated rings. The van der Waals surface area contributed by atoms with Gasteiger partial charge in [0.05, 0.1) is 17.4 Å². The molecule has 4 N–H and O–H groups in total. The number of nitrogens with one attached hydrogen (secondary N) is 2. The maximum atomic E-state index is 12.0. The van der Waals surface area contributed by atoms with Crippen LogP contribution in [-0.4, -0.2) is 21.7 Å². The second kappa shape index (κ2) is 4.75. The molecular formula is C13H22N4O2. The van der Waals surface area contributed by atoms with Crippen LogP contribution < -0.4 is 11.1 Å². The van der Waals surface area contributed by atoms with E-state index in [2.05, 4.69) is 15.3 Å². The third-order valence-corrected chi connectivity index (χ3v) is 3.31. The lowest BCUT2D eigenvalue weighted by molar-refractivity contribution is 0.0451. The number of hydrogen-bond donors (Lipinski definition) is 3. The van der Waals surface area contributed by atoms with Crippen molar-refractivity contribution in [1.29, 1.82) is 0 Å². The number of aromatic nitrogens is 2. The Labute approximate surface area is 113 Å². The smallest absolute Gasteiger partial charge is 0.408 e. The van der Waals surface area contributed by atoms with Crippen LogP contribution in [0.2, 0.25) is 0 Å². The van der Waals surface area contributed by atoms with Gasteiger partial charge in [-0.25, -0.2) is 9.78 Å². The number of ether oxygens (including phenoxy) is 1. The van der Waals surface area contributed by atoms with Crippen molar-refractivity contribution in [3.05, 3.63) is 11.9 Å². The normalized spacial score (nSPS) is 18.3. The Balaban J connectivity index is 2.15. The van der Waals surface area contributed by atoms with E-state index in [0.717, 1.165) is 31.4 Å². The highest BCUT2D eigenvalue weighted by Gasteiger charge is 2.39. The summed E-state index contributed by atoms with van der Waals surface area (Å²) in [4.78, 5) is 19.0. The van der Waals surface area contributed by atoms with Gasteiger partial charge in [-0.05, 0) is 33.6 Å². The van der Waals surface area contributed by atoms with Crippen molar-refractivity contribution in [1.82, 2.24) is 15.3 Å². The summed E-state index contributed by atoms with van der Waals surface area (Å²) >= 11 is 0. The lowest BCUT2D eigenvalue weighted by atomic mass is 9.94. The van der Waals surface area contributed by atoms with Crippen LogP contribution in [0.3, 0.4) is 0 Å². The summed E-state index contributed by atoms with van der Waals surface area (Å²) in [6.45, 7) is 5.55. The quantitative estimate of drug-likeness (QED) is 0.765. The molecule has 0 bridgehead atoms. The molecule has 1 saturated carbocycles. The standard InChI is InChI=1S/C13H22N4O2/c1-12(2,3)19-11(18)17-13(6-4-5-7-13)9-8-15-10(14)16-9/h8H,4-7H2,1-3H3,(H,17,18)(H3,14,15,16). The van der Waals surface area contributed by atoms with Gasteiger partial charge in [0.2, 0.25) is 0 Å². The second-order valence-corrected chi connectivity index (χ2v) is 6.10. The largest absolute Gasteiger partial charge is 0.444 e. The fourth-order valence-electron chi connectivity index (χ4n) is 2.52. The third-order valence-electron chi connectivity index (χ3n) is 3.31. The first-order valence-electron chi connectivity index (χ1n) is 6.63. The molecule has 19 heavy (non-hydrogen) atoms. The number of rotatable bonds is 2. The number of carbonyl (C=O) groups is 1. The average Bonchev–Trinajstić information content (AvgIpc) is 2.84. The van der Waals surface area contributed by atoms with E-state index >= 15 is 0 Å². The summed E-state index contributed by atoms with van der Waals surface area (Å²) in [7, 11) is 0. The molecule has 1 aromatic rings. The highest BCUT2D eigenvalue weighted by Crippen LogP contribution is 2.38. The van der Waals surface area contributed by atoms with Crippen molar-refractivity contribution in [3.8, 4) is 0 Å². The Morgan fingerprint density at radius 2 is 2.11 bits per heavy atom. The van der Waals surface area contributed by atoms with Crippen molar-refractivity contribution >= 4 is 12.0 Å². The summed E-state index contributed by atoms with van der Waals surface area (Å²) < 4.78 is 5.34. The molecule has 106 valence electrons. The molecule has 0 aliphatic heterocycles. The monoisotopic (exact) mass is 266 g/mol. The van der Waals surface area contributed by atoms with E-state index in [1.165, 1.54) is 0 Å². The molecular weight excluding hydrogens is 244 g/mol. The van der Waals surface area contributed by atoms with Gasteiger partial charge in [-0.15, -0.1) is 0 Å². The van der Waals surface area contributed by atoms with E-state index in [1.54, 1.807) is 6.20 Å². The van der Waals surface area contributed by atoms with E-state index in [-0.39, 0.29) is 0 Å². The molecule has 6 nitrogen and oxygen atoms in total.